The quantitative estimate of drug-likeness (QED) is 0.448. The molecule has 0 spiro atoms. The van der Waals surface area contributed by atoms with Crippen molar-refractivity contribution in [3.63, 3.8) is 0 Å². The van der Waals surface area contributed by atoms with E-state index in [4.69, 9.17) is 16.9 Å². The summed E-state index contributed by atoms with van der Waals surface area (Å²) < 4.78 is 40.4. The van der Waals surface area contributed by atoms with Crippen molar-refractivity contribution in [2.75, 3.05) is 0 Å². The predicted molar refractivity (Wildman–Crippen MR) is 98.3 cm³/mol. The highest BCUT2D eigenvalue weighted by Crippen LogP contribution is 2.34. The number of fused-ring (bicyclic) bond motifs is 1. The van der Waals surface area contributed by atoms with E-state index in [1.54, 1.807) is 25.1 Å². The lowest BCUT2D eigenvalue weighted by molar-refractivity contribution is -0.137. The molecule has 2 aromatic carbocycles. The molecular weight excluding hydrogens is 399 g/mol. The minimum atomic E-state index is -4.60. The van der Waals surface area contributed by atoms with Gasteiger partial charge in [-0.15, -0.1) is 0 Å². The Morgan fingerprint density at radius 3 is 2.63 bits per heavy atom. The van der Waals surface area contributed by atoms with Crippen LogP contribution in [0.4, 0.5) is 13.2 Å². The van der Waals surface area contributed by atoms with Gasteiger partial charge in [-0.3, -0.25) is 9.36 Å². The van der Waals surface area contributed by atoms with E-state index in [1.165, 1.54) is 6.07 Å². The van der Waals surface area contributed by atoms with E-state index in [0.29, 0.717) is 5.52 Å². The van der Waals surface area contributed by atoms with E-state index < -0.39 is 22.5 Å². The first-order chi connectivity index (χ1) is 12.7. The molecule has 0 aliphatic heterocycles. The maximum absolute atomic E-state index is 13.1. The Kier molecular flexibility index (Phi) is 5.18. The van der Waals surface area contributed by atoms with Gasteiger partial charge in [0.05, 0.1) is 38.5 Å². The van der Waals surface area contributed by atoms with Crippen molar-refractivity contribution in [2.24, 2.45) is 0 Å². The number of hydrogen-bond donors (Lipinski definition) is 0. The molecule has 0 amide bonds. The minimum absolute atomic E-state index is 0.0337. The second-order valence-corrected chi connectivity index (χ2v) is 7.32. The number of nitrogens with zero attached hydrogens (tertiary/aromatic N) is 3. The molecule has 1 unspecified atom stereocenters. The molecule has 1 heterocycles. The minimum Gasteiger partial charge on any atom is -0.268 e. The first-order valence-electron chi connectivity index (χ1n) is 7.67. The molecule has 1 aromatic heterocycles. The molecule has 0 saturated carbocycles. The van der Waals surface area contributed by atoms with Crippen LogP contribution in [0.1, 0.15) is 12.5 Å². The van der Waals surface area contributed by atoms with Crippen LogP contribution in [-0.4, -0.2) is 14.8 Å². The number of aromatic nitrogens is 2. The number of para-hydroxylation sites is 1. The SMILES string of the molecule is CC(C#N)Sc1nc2ccccc2c(=O)n1-c1cc(C(F)(F)F)ccc1Cl. The third-order valence-electron chi connectivity index (χ3n) is 3.72. The summed E-state index contributed by atoms with van der Waals surface area (Å²) in [4.78, 5) is 17.4. The Bertz CT molecular complexity index is 1120. The summed E-state index contributed by atoms with van der Waals surface area (Å²) in [7, 11) is 0. The van der Waals surface area contributed by atoms with Crippen LogP contribution in [0, 0.1) is 11.3 Å². The molecule has 1 atom stereocenters. The Balaban J connectivity index is 2.36. The van der Waals surface area contributed by atoms with Gasteiger partial charge in [0.2, 0.25) is 0 Å². The van der Waals surface area contributed by atoms with E-state index in [0.717, 1.165) is 34.5 Å². The van der Waals surface area contributed by atoms with Crippen LogP contribution >= 0.6 is 23.4 Å². The molecule has 27 heavy (non-hydrogen) atoms. The van der Waals surface area contributed by atoms with Crippen molar-refractivity contribution in [3.05, 3.63) is 63.4 Å². The zero-order chi connectivity index (χ0) is 19.8. The zero-order valence-electron chi connectivity index (χ0n) is 13.8. The Morgan fingerprint density at radius 1 is 1.26 bits per heavy atom. The second-order valence-electron chi connectivity index (χ2n) is 5.61. The smallest absolute Gasteiger partial charge is 0.268 e. The van der Waals surface area contributed by atoms with Crippen LogP contribution in [0.2, 0.25) is 5.02 Å². The fourth-order valence-electron chi connectivity index (χ4n) is 2.45. The number of nitriles is 1. The van der Waals surface area contributed by atoms with Gasteiger partial charge in [0.15, 0.2) is 5.16 Å². The number of rotatable bonds is 3. The largest absolute Gasteiger partial charge is 0.416 e. The first-order valence-corrected chi connectivity index (χ1v) is 8.93. The average Bonchev–Trinajstić information content (AvgIpc) is 2.62. The average molecular weight is 410 g/mol. The van der Waals surface area contributed by atoms with Gasteiger partial charge in [-0.25, -0.2) is 4.98 Å². The third kappa shape index (κ3) is 3.80. The van der Waals surface area contributed by atoms with Gasteiger partial charge in [0.1, 0.15) is 0 Å². The van der Waals surface area contributed by atoms with Crippen molar-refractivity contribution in [3.8, 4) is 11.8 Å². The summed E-state index contributed by atoms with van der Waals surface area (Å²) in [5.41, 5.74) is -1.25. The van der Waals surface area contributed by atoms with Crippen LogP contribution in [0.25, 0.3) is 16.6 Å². The molecule has 0 aliphatic rings. The van der Waals surface area contributed by atoms with E-state index in [-0.39, 0.29) is 21.3 Å². The van der Waals surface area contributed by atoms with Crippen molar-refractivity contribution in [1.29, 1.82) is 5.26 Å². The van der Waals surface area contributed by atoms with E-state index in [9.17, 15) is 18.0 Å². The van der Waals surface area contributed by atoms with Gasteiger partial charge in [0.25, 0.3) is 5.56 Å². The van der Waals surface area contributed by atoms with Gasteiger partial charge in [0, 0.05) is 0 Å². The molecule has 0 bridgehead atoms. The maximum Gasteiger partial charge on any atom is 0.416 e. The van der Waals surface area contributed by atoms with Gasteiger partial charge in [-0.1, -0.05) is 35.5 Å². The number of halogens is 4. The zero-order valence-corrected chi connectivity index (χ0v) is 15.4. The highest BCUT2D eigenvalue weighted by atomic mass is 35.5. The number of benzene rings is 2. The molecule has 0 radical (unpaired) electrons. The Hall–Kier alpha value is -2.50. The summed E-state index contributed by atoms with van der Waals surface area (Å²) in [6, 6.07) is 11.2. The summed E-state index contributed by atoms with van der Waals surface area (Å²) in [5, 5.41) is 8.80. The first kappa shape index (κ1) is 19.3. The molecule has 0 aliphatic carbocycles. The topological polar surface area (TPSA) is 58.7 Å². The van der Waals surface area contributed by atoms with Gasteiger partial charge in [-0.05, 0) is 37.3 Å². The second kappa shape index (κ2) is 7.25. The van der Waals surface area contributed by atoms with Crippen molar-refractivity contribution >= 4 is 34.3 Å². The summed E-state index contributed by atoms with van der Waals surface area (Å²) in [5.74, 6) is 0. The molecule has 0 fully saturated rings. The third-order valence-corrected chi connectivity index (χ3v) is 4.99. The highest BCUT2D eigenvalue weighted by Gasteiger charge is 2.31. The fraction of sp³-hybridized carbons (Fsp3) is 0.167. The Morgan fingerprint density at radius 2 is 1.96 bits per heavy atom. The summed E-state index contributed by atoms with van der Waals surface area (Å²) >= 11 is 7.08. The number of thioether (sulfide) groups is 1. The van der Waals surface area contributed by atoms with Crippen molar-refractivity contribution < 1.29 is 13.2 Å². The molecule has 3 rings (SSSR count). The van der Waals surface area contributed by atoms with Crippen molar-refractivity contribution in [1.82, 2.24) is 9.55 Å². The monoisotopic (exact) mass is 409 g/mol. The van der Waals surface area contributed by atoms with Crippen LogP contribution < -0.4 is 5.56 Å². The van der Waals surface area contributed by atoms with Crippen LogP contribution in [-0.2, 0) is 6.18 Å². The molecule has 138 valence electrons. The maximum atomic E-state index is 13.1. The van der Waals surface area contributed by atoms with Crippen molar-refractivity contribution in [2.45, 2.75) is 23.5 Å². The van der Waals surface area contributed by atoms with E-state index in [1.807, 2.05) is 6.07 Å². The molecular formula is C18H11ClF3N3OS. The molecule has 3 aromatic rings. The Labute approximate surface area is 161 Å². The molecule has 4 nitrogen and oxygen atoms in total. The fourth-order valence-corrected chi connectivity index (χ4v) is 3.46. The van der Waals surface area contributed by atoms with Crippen LogP contribution in [0.3, 0.4) is 0 Å². The van der Waals surface area contributed by atoms with Gasteiger partial charge >= 0.3 is 6.18 Å². The van der Waals surface area contributed by atoms with E-state index in [2.05, 4.69) is 4.98 Å². The van der Waals surface area contributed by atoms with Gasteiger partial charge in [-0.2, -0.15) is 18.4 Å². The highest BCUT2D eigenvalue weighted by molar-refractivity contribution is 8.00. The van der Waals surface area contributed by atoms with Gasteiger partial charge < -0.3 is 0 Å². The van der Waals surface area contributed by atoms with Crippen LogP contribution in [0.15, 0.2) is 52.4 Å². The molecule has 9 heteroatoms. The molecule has 0 saturated heterocycles. The lowest BCUT2D eigenvalue weighted by atomic mass is 10.2. The standard InChI is InChI=1S/C18H11ClF3N3OS/c1-10(9-23)27-17-24-14-5-3-2-4-12(14)16(26)25(17)15-8-11(18(20,21)22)6-7-13(15)19/h2-8,10H,1H3. The lowest BCUT2D eigenvalue weighted by Crippen LogP contribution is -2.23. The van der Waals surface area contributed by atoms with Crippen LogP contribution in [0.5, 0.6) is 0 Å². The summed E-state index contributed by atoms with van der Waals surface area (Å²) in [6.07, 6.45) is -4.60. The van der Waals surface area contributed by atoms with E-state index >= 15 is 0 Å². The normalized spacial score (nSPS) is 12.7. The number of alkyl halides is 3. The summed E-state index contributed by atoms with van der Waals surface area (Å²) in [6.45, 7) is 1.60. The number of hydrogen-bond acceptors (Lipinski definition) is 4. The molecule has 0 N–H and O–H groups in total. The lowest BCUT2D eigenvalue weighted by Gasteiger charge is -2.16. The predicted octanol–water partition coefficient (Wildman–Crippen LogP) is 5.06.